The lowest BCUT2D eigenvalue weighted by Crippen LogP contribution is -2.28. The molecule has 2 heterocycles. The quantitative estimate of drug-likeness (QED) is 0.183. The average Bonchev–Trinajstić information content (AvgIpc) is 3.72. The summed E-state index contributed by atoms with van der Waals surface area (Å²) in [6, 6.07) is 54.8. The number of aromatic nitrogens is 1. The van der Waals surface area contributed by atoms with Crippen LogP contribution >= 0.6 is 0 Å². The summed E-state index contributed by atoms with van der Waals surface area (Å²) >= 11 is 0. The van der Waals surface area contributed by atoms with E-state index in [0.29, 0.717) is 16.8 Å². The molecule has 1 aliphatic rings. The molecule has 9 aromatic rings. The number of rotatable bonds is 6. The van der Waals surface area contributed by atoms with E-state index in [1.165, 1.54) is 44.5 Å². The number of anilines is 1. The zero-order valence-corrected chi connectivity index (χ0v) is 34.8. The first-order valence-electron chi connectivity index (χ1n) is 20.7. The highest BCUT2D eigenvalue weighted by atomic mass is 16.3. The van der Waals surface area contributed by atoms with Gasteiger partial charge in [-0.05, 0) is 121 Å². The minimum atomic E-state index is -1.20. The molecule has 0 bridgehead atoms. The number of carbonyl (C=O) groups is 1. The predicted octanol–water partition coefficient (Wildman–Crippen LogP) is 14.0. The Hall–Kier alpha value is -7.01. The number of amides is 1. The molecule has 1 amide bonds. The summed E-state index contributed by atoms with van der Waals surface area (Å²) in [6.45, 7) is 13.1. The molecule has 1 aromatic heterocycles. The van der Waals surface area contributed by atoms with E-state index in [9.17, 15) is 5.11 Å². The lowest BCUT2D eigenvalue weighted by Gasteiger charge is -2.23. The van der Waals surface area contributed by atoms with Crippen molar-refractivity contribution in [2.24, 2.45) is 0 Å². The van der Waals surface area contributed by atoms with Gasteiger partial charge >= 0.3 is 0 Å². The molecule has 0 radical (unpaired) electrons. The van der Waals surface area contributed by atoms with E-state index >= 15 is 4.79 Å². The second-order valence-electron chi connectivity index (χ2n) is 16.6. The van der Waals surface area contributed by atoms with Crippen LogP contribution in [0.3, 0.4) is 0 Å². The lowest BCUT2D eigenvalue weighted by molar-refractivity contribution is 0.0935. The number of aryl methyl sites for hydroxylation is 6. The monoisotopic (exact) mass is 778 g/mol. The second-order valence-corrected chi connectivity index (χ2v) is 16.6. The molecule has 10 rings (SSSR count). The lowest BCUT2D eigenvalue weighted by atomic mass is 9.91. The summed E-state index contributed by atoms with van der Waals surface area (Å²) in [4.78, 5) is 17.0. The first-order valence-corrected chi connectivity index (χ1v) is 20.7. The fourth-order valence-corrected chi connectivity index (χ4v) is 10.1. The van der Waals surface area contributed by atoms with Crippen LogP contribution in [0.5, 0.6) is 0 Å². The van der Waals surface area contributed by atoms with Gasteiger partial charge in [-0.1, -0.05) is 145 Å². The number of nitrogens with zero attached hydrogens (tertiary/aromatic N) is 2. The van der Waals surface area contributed by atoms with Gasteiger partial charge < -0.3 is 9.67 Å². The molecular formula is C56H46N2O2. The minimum Gasteiger partial charge on any atom is -0.369 e. The van der Waals surface area contributed by atoms with Gasteiger partial charge in [-0.15, -0.1) is 0 Å². The molecule has 292 valence electrons. The Morgan fingerprint density at radius 1 is 0.450 bits per heavy atom. The summed E-state index contributed by atoms with van der Waals surface area (Å²) in [6.07, 6.45) is -1.20. The highest BCUT2D eigenvalue weighted by molar-refractivity contribution is 6.20. The third kappa shape index (κ3) is 5.90. The summed E-state index contributed by atoms with van der Waals surface area (Å²) in [7, 11) is 0. The van der Waals surface area contributed by atoms with Gasteiger partial charge in [0.25, 0.3) is 5.91 Å². The van der Waals surface area contributed by atoms with E-state index in [1.807, 2.05) is 60.7 Å². The third-order valence-electron chi connectivity index (χ3n) is 12.4. The highest BCUT2D eigenvalue weighted by Gasteiger charge is 2.40. The van der Waals surface area contributed by atoms with Crippen LogP contribution in [0.4, 0.5) is 5.69 Å². The van der Waals surface area contributed by atoms with Crippen molar-refractivity contribution in [1.82, 2.24) is 4.57 Å². The topological polar surface area (TPSA) is 45.5 Å². The van der Waals surface area contributed by atoms with E-state index in [1.54, 1.807) is 4.90 Å². The Morgan fingerprint density at radius 3 is 1.37 bits per heavy atom. The molecule has 4 nitrogen and oxygen atoms in total. The fraction of sp³-hybridized carbons (Fsp3) is 0.125. The molecule has 1 unspecified atom stereocenters. The van der Waals surface area contributed by atoms with Crippen LogP contribution < -0.4 is 4.90 Å². The van der Waals surface area contributed by atoms with Crippen molar-refractivity contribution in [3.63, 3.8) is 0 Å². The number of aliphatic hydroxyl groups excluding tert-OH is 1. The van der Waals surface area contributed by atoms with Gasteiger partial charge in [-0.25, -0.2) is 0 Å². The SMILES string of the molecule is Cc1cc(C)c(-c2cccc3c4cccc(-c5c(C)cc(C)cc5C)c4n(-c4cccc5c4C(=O)N(c4cc(-c6ccccc6)cc(-c6ccccc6)c4)C5O)c23)c(C)c1. The van der Waals surface area contributed by atoms with Gasteiger partial charge in [0.1, 0.15) is 0 Å². The molecule has 0 fully saturated rings. The Morgan fingerprint density at radius 2 is 0.900 bits per heavy atom. The summed E-state index contributed by atoms with van der Waals surface area (Å²) in [5.74, 6) is -0.243. The molecule has 0 spiro atoms. The standard InChI is InChI=1S/C56H46N2O2/c1-33-26-35(3)50(36(4)27-33)46-22-13-20-44-45-21-14-23-47(51-37(5)28-34(2)29-38(51)6)54(45)58(53(44)46)49-25-15-24-48-52(49)56(60)57(55(48)59)43-31-41(39-16-9-7-10-17-39)30-42(32-43)40-18-11-8-12-19-40/h7-32,55,59H,1-6H3. The van der Waals surface area contributed by atoms with Crippen molar-refractivity contribution in [3.8, 4) is 50.2 Å². The van der Waals surface area contributed by atoms with Gasteiger partial charge in [0.2, 0.25) is 0 Å². The minimum absolute atomic E-state index is 0.243. The molecule has 60 heavy (non-hydrogen) atoms. The van der Waals surface area contributed by atoms with Crippen LogP contribution in [0, 0.1) is 41.5 Å². The molecular weight excluding hydrogens is 733 g/mol. The van der Waals surface area contributed by atoms with Crippen molar-refractivity contribution in [3.05, 3.63) is 202 Å². The van der Waals surface area contributed by atoms with Crippen LogP contribution in [0.15, 0.2) is 158 Å². The number of fused-ring (bicyclic) bond motifs is 4. The predicted molar refractivity (Wildman–Crippen MR) is 249 cm³/mol. The van der Waals surface area contributed by atoms with Crippen molar-refractivity contribution in [2.75, 3.05) is 4.90 Å². The van der Waals surface area contributed by atoms with Crippen LogP contribution in [-0.2, 0) is 0 Å². The maximum atomic E-state index is 15.4. The van der Waals surface area contributed by atoms with E-state index in [0.717, 1.165) is 60.9 Å². The zero-order valence-electron chi connectivity index (χ0n) is 34.8. The summed E-state index contributed by atoms with van der Waals surface area (Å²) in [5.41, 5.74) is 20.3. The van der Waals surface area contributed by atoms with Crippen LogP contribution in [-0.4, -0.2) is 15.6 Å². The van der Waals surface area contributed by atoms with Crippen LogP contribution in [0.25, 0.3) is 72.0 Å². The first kappa shape index (κ1) is 37.3. The molecule has 0 saturated heterocycles. The third-order valence-corrected chi connectivity index (χ3v) is 12.4. The Labute approximate surface area is 351 Å². The molecule has 1 atom stereocenters. The number of carbonyl (C=O) groups excluding carboxylic acids is 1. The normalized spacial score (nSPS) is 13.8. The fourth-order valence-electron chi connectivity index (χ4n) is 10.1. The van der Waals surface area contributed by atoms with Crippen LogP contribution in [0.1, 0.15) is 55.5 Å². The van der Waals surface area contributed by atoms with Gasteiger partial charge in [0, 0.05) is 33.2 Å². The maximum Gasteiger partial charge on any atom is 0.263 e. The Balaban J connectivity index is 1.27. The van der Waals surface area contributed by atoms with E-state index in [4.69, 9.17) is 0 Å². The van der Waals surface area contributed by atoms with Crippen molar-refractivity contribution < 1.29 is 9.90 Å². The molecule has 4 heteroatoms. The molecule has 0 aliphatic carbocycles. The number of hydrogen-bond acceptors (Lipinski definition) is 2. The summed E-state index contributed by atoms with van der Waals surface area (Å²) < 4.78 is 2.33. The number of aliphatic hydroxyl groups is 1. The zero-order chi connectivity index (χ0) is 41.4. The van der Waals surface area contributed by atoms with Gasteiger partial charge in [-0.3, -0.25) is 9.69 Å². The molecule has 0 saturated carbocycles. The molecule has 8 aromatic carbocycles. The van der Waals surface area contributed by atoms with Gasteiger partial charge in [0.05, 0.1) is 22.3 Å². The van der Waals surface area contributed by atoms with E-state index < -0.39 is 6.23 Å². The van der Waals surface area contributed by atoms with E-state index in [2.05, 4.69) is 143 Å². The van der Waals surface area contributed by atoms with Gasteiger partial charge in [-0.2, -0.15) is 0 Å². The largest absolute Gasteiger partial charge is 0.369 e. The highest BCUT2D eigenvalue weighted by Crippen LogP contribution is 2.48. The number of para-hydroxylation sites is 2. The van der Waals surface area contributed by atoms with Crippen molar-refractivity contribution in [1.29, 1.82) is 0 Å². The number of benzene rings is 8. The molecule has 1 N–H and O–H groups in total. The van der Waals surface area contributed by atoms with Gasteiger partial charge in [0.15, 0.2) is 6.23 Å². The maximum absolute atomic E-state index is 15.4. The number of hydrogen-bond donors (Lipinski definition) is 1. The van der Waals surface area contributed by atoms with E-state index in [-0.39, 0.29) is 5.91 Å². The Bertz CT molecular complexity index is 2970. The van der Waals surface area contributed by atoms with Crippen molar-refractivity contribution >= 4 is 33.4 Å². The van der Waals surface area contributed by atoms with Crippen molar-refractivity contribution in [2.45, 2.75) is 47.8 Å². The Kier molecular flexibility index (Phi) is 8.93. The smallest absolute Gasteiger partial charge is 0.263 e. The first-order chi connectivity index (χ1) is 29.1. The second kappa shape index (κ2) is 14.4. The molecule has 1 aliphatic heterocycles. The summed E-state index contributed by atoms with van der Waals surface area (Å²) in [5, 5.41) is 14.6. The van der Waals surface area contributed by atoms with Crippen LogP contribution in [0.2, 0.25) is 0 Å². The average molecular weight is 779 g/mol.